The molecule has 90 valence electrons. The average molecular weight is 220 g/mol. The molecule has 0 saturated carbocycles. The third-order valence-corrected chi connectivity index (χ3v) is 3.08. The maximum Gasteiger partial charge on any atom is 0.0300 e. The number of rotatable bonds is 5. The number of aryl methyl sites for hydroxylation is 3. The number of unbranched alkanes of at least 4 members (excludes halogenated alkanes) is 1. The third kappa shape index (κ3) is 3.32. The molecule has 0 heterocycles. The van der Waals surface area contributed by atoms with Crippen LogP contribution in [-0.2, 0) is 0 Å². The normalized spacial score (nSPS) is 12.8. The molecule has 0 spiro atoms. The lowest BCUT2D eigenvalue weighted by Gasteiger charge is -2.18. The number of hydrogen-bond acceptors (Lipinski definition) is 2. The van der Waals surface area contributed by atoms with Gasteiger partial charge >= 0.3 is 0 Å². The second-order valence-corrected chi connectivity index (χ2v) is 4.70. The van der Waals surface area contributed by atoms with Crippen molar-refractivity contribution < 1.29 is 0 Å². The summed E-state index contributed by atoms with van der Waals surface area (Å²) in [7, 11) is 0. The largest absolute Gasteiger partial charge is 0.330 e. The molecular weight excluding hydrogens is 196 g/mol. The first-order valence-electron chi connectivity index (χ1n) is 6.09. The van der Waals surface area contributed by atoms with Crippen LogP contribution in [0.2, 0.25) is 0 Å². The zero-order chi connectivity index (χ0) is 12.1. The van der Waals surface area contributed by atoms with Gasteiger partial charge in [-0.3, -0.25) is 0 Å². The summed E-state index contributed by atoms with van der Waals surface area (Å²) in [6, 6.07) is 4.59. The zero-order valence-electron chi connectivity index (χ0n) is 10.7. The van der Waals surface area contributed by atoms with E-state index in [0.717, 1.165) is 25.8 Å². The number of benzene rings is 1. The first-order chi connectivity index (χ1) is 7.56. The van der Waals surface area contributed by atoms with Crippen molar-refractivity contribution in [1.82, 2.24) is 0 Å². The molecule has 1 rings (SSSR count). The Morgan fingerprint density at radius 2 is 1.62 bits per heavy atom. The van der Waals surface area contributed by atoms with E-state index < -0.39 is 0 Å². The fourth-order valence-corrected chi connectivity index (χ4v) is 2.43. The van der Waals surface area contributed by atoms with E-state index in [1.807, 2.05) is 0 Å². The van der Waals surface area contributed by atoms with Crippen LogP contribution in [0.1, 0.15) is 47.6 Å². The topological polar surface area (TPSA) is 52.0 Å². The Kier molecular flexibility index (Phi) is 4.97. The van der Waals surface area contributed by atoms with Crippen molar-refractivity contribution in [2.75, 3.05) is 6.54 Å². The van der Waals surface area contributed by atoms with E-state index in [9.17, 15) is 0 Å². The lowest BCUT2D eigenvalue weighted by atomic mass is 9.92. The summed E-state index contributed by atoms with van der Waals surface area (Å²) in [6.45, 7) is 7.19. The molecule has 2 heteroatoms. The molecule has 2 nitrogen and oxygen atoms in total. The Hall–Kier alpha value is -0.860. The van der Waals surface area contributed by atoms with E-state index in [-0.39, 0.29) is 6.04 Å². The van der Waals surface area contributed by atoms with Gasteiger partial charge in [0.05, 0.1) is 0 Å². The molecule has 4 N–H and O–H groups in total. The van der Waals surface area contributed by atoms with Gasteiger partial charge in [0.25, 0.3) is 0 Å². The molecule has 1 aromatic carbocycles. The highest BCUT2D eigenvalue weighted by Gasteiger charge is 2.11. The van der Waals surface area contributed by atoms with Gasteiger partial charge in [-0.15, -0.1) is 0 Å². The van der Waals surface area contributed by atoms with Crippen LogP contribution in [0.25, 0.3) is 0 Å². The molecule has 0 aliphatic carbocycles. The highest BCUT2D eigenvalue weighted by molar-refractivity contribution is 5.39. The highest BCUT2D eigenvalue weighted by Crippen LogP contribution is 2.25. The van der Waals surface area contributed by atoms with E-state index >= 15 is 0 Å². The van der Waals surface area contributed by atoms with Crippen LogP contribution in [0.3, 0.4) is 0 Å². The first-order valence-corrected chi connectivity index (χ1v) is 6.09. The van der Waals surface area contributed by atoms with Gasteiger partial charge in [-0.25, -0.2) is 0 Å². The fraction of sp³-hybridized carbons (Fsp3) is 0.571. The summed E-state index contributed by atoms with van der Waals surface area (Å²) in [6.07, 6.45) is 3.21. The van der Waals surface area contributed by atoms with E-state index in [4.69, 9.17) is 11.5 Å². The minimum atomic E-state index is 0.159. The van der Waals surface area contributed by atoms with Crippen molar-refractivity contribution in [2.24, 2.45) is 11.5 Å². The molecular formula is C14H24N2. The van der Waals surface area contributed by atoms with E-state index in [0.29, 0.717) is 0 Å². The fourth-order valence-electron chi connectivity index (χ4n) is 2.43. The summed E-state index contributed by atoms with van der Waals surface area (Å²) in [5.74, 6) is 0. The Labute approximate surface area is 99.0 Å². The van der Waals surface area contributed by atoms with Crippen LogP contribution < -0.4 is 11.5 Å². The lowest BCUT2D eigenvalue weighted by molar-refractivity contribution is 0.586. The van der Waals surface area contributed by atoms with Crippen molar-refractivity contribution in [2.45, 2.75) is 46.1 Å². The third-order valence-electron chi connectivity index (χ3n) is 3.08. The van der Waals surface area contributed by atoms with Crippen LogP contribution >= 0.6 is 0 Å². The molecule has 0 radical (unpaired) electrons. The minimum absolute atomic E-state index is 0.159. The molecule has 0 unspecified atom stereocenters. The van der Waals surface area contributed by atoms with Gasteiger partial charge in [-0.1, -0.05) is 24.1 Å². The van der Waals surface area contributed by atoms with Gasteiger partial charge in [-0.2, -0.15) is 0 Å². The van der Waals surface area contributed by atoms with Gasteiger partial charge in [0, 0.05) is 6.04 Å². The van der Waals surface area contributed by atoms with Crippen LogP contribution in [0.4, 0.5) is 0 Å². The van der Waals surface area contributed by atoms with Crippen molar-refractivity contribution in [3.8, 4) is 0 Å². The monoisotopic (exact) mass is 220 g/mol. The van der Waals surface area contributed by atoms with E-state index in [2.05, 4.69) is 32.9 Å². The number of nitrogens with two attached hydrogens (primary N) is 2. The van der Waals surface area contributed by atoms with Gasteiger partial charge in [0.1, 0.15) is 0 Å². The van der Waals surface area contributed by atoms with Gasteiger partial charge in [0.2, 0.25) is 0 Å². The maximum atomic E-state index is 6.25. The SMILES string of the molecule is Cc1cc(C)c([C@@H](N)CCCCN)c(C)c1. The predicted octanol–water partition coefficient (Wildman–Crippen LogP) is 2.74. The molecule has 0 aliphatic rings. The first kappa shape index (κ1) is 13.2. The standard InChI is InChI=1S/C14H24N2/c1-10-8-11(2)14(12(3)9-10)13(16)6-4-5-7-15/h8-9,13H,4-7,15-16H2,1-3H3/t13-/m0/s1. The molecule has 1 aromatic rings. The van der Waals surface area contributed by atoms with Crippen LogP contribution in [-0.4, -0.2) is 6.54 Å². The molecule has 16 heavy (non-hydrogen) atoms. The lowest BCUT2D eigenvalue weighted by Crippen LogP contribution is -2.14. The molecule has 0 fully saturated rings. The summed E-state index contributed by atoms with van der Waals surface area (Å²) in [5, 5.41) is 0. The van der Waals surface area contributed by atoms with Gasteiger partial charge < -0.3 is 11.5 Å². The van der Waals surface area contributed by atoms with Crippen molar-refractivity contribution >= 4 is 0 Å². The van der Waals surface area contributed by atoms with Crippen molar-refractivity contribution in [3.05, 3.63) is 34.4 Å². The molecule has 0 aliphatic heterocycles. The molecule has 0 saturated heterocycles. The van der Waals surface area contributed by atoms with E-state index in [1.165, 1.54) is 22.3 Å². The summed E-state index contributed by atoms with van der Waals surface area (Å²) >= 11 is 0. The van der Waals surface area contributed by atoms with Crippen LogP contribution in [0.5, 0.6) is 0 Å². The molecule has 0 aromatic heterocycles. The van der Waals surface area contributed by atoms with Crippen molar-refractivity contribution in [3.63, 3.8) is 0 Å². The van der Waals surface area contributed by atoms with Gasteiger partial charge in [-0.05, 0) is 56.8 Å². The van der Waals surface area contributed by atoms with Crippen LogP contribution in [0, 0.1) is 20.8 Å². The molecule has 0 amide bonds. The molecule has 0 bridgehead atoms. The summed E-state index contributed by atoms with van der Waals surface area (Å²) in [4.78, 5) is 0. The quantitative estimate of drug-likeness (QED) is 0.750. The Morgan fingerprint density at radius 3 is 2.12 bits per heavy atom. The zero-order valence-corrected chi connectivity index (χ0v) is 10.7. The summed E-state index contributed by atoms with van der Waals surface area (Å²) < 4.78 is 0. The van der Waals surface area contributed by atoms with E-state index in [1.54, 1.807) is 0 Å². The highest BCUT2D eigenvalue weighted by atomic mass is 14.6. The van der Waals surface area contributed by atoms with Crippen LogP contribution in [0.15, 0.2) is 12.1 Å². The van der Waals surface area contributed by atoms with Gasteiger partial charge in [0.15, 0.2) is 0 Å². The second-order valence-electron chi connectivity index (χ2n) is 4.70. The summed E-state index contributed by atoms with van der Waals surface area (Å²) in [5.41, 5.74) is 17.0. The Morgan fingerprint density at radius 1 is 1.06 bits per heavy atom. The predicted molar refractivity (Wildman–Crippen MR) is 70.5 cm³/mol. The smallest absolute Gasteiger partial charge is 0.0300 e. The average Bonchev–Trinajstić information content (AvgIpc) is 2.16. The Bertz CT molecular complexity index is 322. The Balaban J connectivity index is 2.78. The maximum absolute atomic E-state index is 6.25. The minimum Gasteiger partial charge on any atom is -0.330 e. The van der Waals surface area contributed by atoms with Crippen molar-refractivity contribution in [1.29, 1.82) is 0 Å². The number of hydrogen-bond donors (Lipinski definition) is 2. The molecule has 1 atom stereocenters. The second kappa shape index (κ2) is 6.02.